The van der Waals surface area contributed by atoms with Crippen LogP contribution in [-0.4, -0.2) is 109 Å². The molecule has 0 radical (unpaired) electrons. The van der Waals surface area contributed by atoms with Crippen LogP contribution in [-0.2, 0) is 35.2 Å². The van der Waals surface area contributed by atoms with Crippen LogP contribution < -0.4 is 42.2 Å². The number of nitrogens with two attached hydrogens (primary N) is 2. The third-order valence-electron chi connectivity index (χ3n) is 10.0. The molecule has 0 saturated carbocycles. The molecule has 16 heteroatoms. The van der Waals surface area contributed by atoms with Gasteiger partial charge < -0.3 is 52.2 Å². The fourth-order valence-corrected chi connectivity index (χ4v) is 6.57. The van der Waals surface area contributed by atoms with E-state index in [9.17, 15) is 33.9 Å². The fraction of sp³-hybridized carbons (Fsp3) is 0.571. The lowest BCUT2D eigenvalue weighted by molar-refractivity contribution is -0.143. The molecule has 0 saturated heterocycles. The molecule has 320 valence electrons. The van der Waals surface area contributed by atoms with E-state index >= 15 is 0 Å². The van der Waals surface area contributed by atoms with Crippen molar-refractivity contribution in [3.63, 3.8) is 0 Å². The van der Waals surface area contributed by atoms with Gasteiger partial charge in [0, 0.05) is 44.1 Å². The van der Waals surface area contributed by atoms with Gasteiger partial charge in [0.2, 0.25) is 29.5 Å². The maximum Gasteiger partial charge on any atom is 0.248 e. The minimum Gasteiger partial charge on any atom is -0.492 e. The molecule has 0 spiro atoms. The molecule has 2 aromatic rings. The van der Waals surface area contributed by atoms with E-state index in [0.717, 1.165) is 37.0 Å². The number of nitrogens with zero attached hydrogens (tertiary/aromatic N) is 1. The van der Waals surface area contributed by atoms with E-state index < -0.39 is 66.4 Å². The van der Waals surface area contributed by atoms with Crippen molar-refractivity contribution in [1.29, 1.82) is 0 Å². The van der Waals surface area contributed by atoms with Crippen LogP contribution in [0, 0.1) is 0 Å². The Morgan fingerprint density at radius 3 is 2.09 bits per heavy atom. The highest BCUT2D eigenvalue weighted by Crippen LogP contribution is 2.40. The summed E-state index contributed by atoms with van der Waals surface area (Å²) in [6.07, 6.45) is 7.21. The number of benzene rings is 2. The van der Waals surface area contributed by atoms with Crippen LogP contribution in [0.2, 0.25) is 0 Å². The topological polar surface area (TPSA) is 245 Å². The van der Waals surface area contributed by atoms with Gasteiger partial charge in [0.05, 0.1) is 12.6 Å². The lowest BCUT2D eigenvalue weighted by Crippen LogP contribution is -2.57. The van der Waals surface area contributed by atoms with Crippen LogP contribution in [0.4, 0.5) is 0 Å². The van der Waals surface area contributed by atoms with Gasteiger partial charge in [-0.3, -0.25) is 28.8 Å². The average molecular weight is 810 g/mol. The number of aliphatic hydroxyl groups excluding tert-OH is 1. The number of rotatable bonds is 21. The van der Waals surface area contributed by atoms with Gasteiger partial charge in [-0.15, -0.1) is 0 Å². The second-order valence-electron chi connectivity index (χ2n) is 14.7. The third-order valence-corrected chi connectivity index (χ3v) is 10.0. The van der Waals surface area contributed by atoms with Gasteiger partial charge in [-0.25, -0.2) is 0 Å². The highest BCUT2D eigenvalue weighted by molar-refractivity contribution is 5.97. The Kier molecular flexibility index (Phi) is 19.6. The number of carbonyl (C=O) groups is 6. The highest BCUT2D eigenvalue weighted by atomic mass is 16.5. The summed E-state index contributed by atoms with van der Waals surface area (Å²) >= 11 is 0. The number of ether oxygens (including phenoxy) is 2. The molecular formula is C42H63N7O9. The van der Waals surface area contributed by atoms with Gasteiger partial charge >= 0.3 is 0 Å². The number of ketones is 1. The number of hydrogen-bond donors (Lipinski definition) is 7. The Morgan fingerprint density at radius 1 is 0.879 bits per heavy atom. The van der Waals surface area contributed by atoms with E-state index in [-0.39, 0.29) is 44.9 Å². The van der Waals surface area contributed by atoms with Gasteiger partial charge in [-0.05, 0) is 62.6 Å². The molecule has 0 aromatic heterocycles. The summed E-state index contributed by atoms with van der Waals surface area (Å²) in [5.41, 5.74) is 13.5. The molecule has 4 bridgehead atoms. The molecule has 1 aliphatic rings. The first-order valence-corrected chi connectivity index (χ1v) is 20.3. The lowest BCUT2D eigenvalue weighted by atomic mass is 9.93. The van der Waals surface area contributed by atoms with Crippen LogP contribution in [0.5, 0.6) is 11.5 Å². The van der Waals surface area contributed by atoms with Crippen molar-refractivity contribution in [1.82, 2.24) is 26.2 Å². The number of aliphatic hydroxyl groups is 1. The van der Waals surface area contributed by atoms with Gasteiger partial charge in [0.25, 0.3) is 0 Å². The number of nitrogens with one attached hydrogen (secondary N) is 4. The second-order valence-corrected chi connectivity index (χ2v) is 14.7. The Balaban J connectivity index is 2.12. The van der Waals surface area contributed by atoms with Crippen molar-refractivity contribution in [3.8, 4) is 22.6 Å². The zero-order valence-corrected chi connectivity index (χ0v) is 34.6. The number of fused-ring (bicyclic) bond motifs is 5. The summed E-state index contributed by atoms with van der Waals surface area (Å²) in [6.45, 7) is 6.43. The van der Waals surface area contributed by atoms with Gasteiger partial charge in [-0.2, -0.15) is 0 Å². The molecule has 5 amide bonds. The van der Waals surface area contributed by atoms with E-state index in [1.165, 1.54) is 34.2 Å². The van der Waals surface area contributed by atoms with E-state index in [1.807, 2.05) is 0 Å². The fourth-order valence-electron chi connectivity index (χ4n) is 6.57. The minimum atomic E-state index is -1.39. The first kappa shape index (κ1) is 47.3. The van der Waals surface area contributed by atoms with Crippen molar-refractivity contribution in [2.24, 2.45) is 11.5 Å². The predicted molar refractivity (Wildman–Crippen MR) is 220 cm³/mol. The number of unbranched alkanes of at least 4 members (excludes halogenated alkanes) is 6. The molecule has 1 aliphatic heterocycles. The molecule has 3 rings (SSSR count). The Bertz CT molecular complexity index is 1720. The summed E-state index contributed by atoms with van der Waals surface area (Å²) in [5, 5.41) is 21.0. The molecule has 0 aliphatic carbocycles. The molecule has 16 nitrogen and oxygen atoms in total. The number of carbonyl (C=O) groups excluding carboxylic acids is 6. The van der Waals surface area contributed by atoms with Crippen LogP contribution >= 0.6 is 0 Å². The highest BCUT2D eigenvalue weighted by Gasteiger charge is 2.36. The average Bonchev–Trinajstić information content (AvgIpc) is 3.20. The quantitative estimate of drug-likeness (QED) is 0.0897. The molecule has 0 unspecified atom stereocenters. The first-order chi connectivity index (χ1) is 27.8. The van der Waals surface area contributed by atoms with Gasteiger partial charge in [0.1, 0.15) is 48.9 Å². The summed E-state index contributed by atoms with van der Waals surface area (Å²) in [5.74, 6) is -2.74. The van der Waals surface area contributed by atoms with Gasteiger partial charge in [0.15, 0.2) is 5.78 Å². The molecule has 0 fully saturated rings. The molecule has 1 heterocycles. The predicted octanol–water partition coefficient (Wildman–Crippen LogP) is 1.79. The molecule has 2 aromatic carbocycles. The minimum absolute atomic E-state index is 0.00118. The Hall–Kier alpha value is -5.06. The summed E-state index contributed by atoms with van der Waals surface area (Å²) < 4.78 is 12.1. The Morgan fingerprint density at radius 2 is 1.48 bits per heavy atom. The van der Waals surface area contributed by atoms with E-state index in [2.05, 4.69) is 28.2 Å². The molecular weight excluding hydrogens is 747 g/mol. The van der Waals surface area contributed by atoms with E-state index in [1.54, 1.807) is 36.4 Å². The van der Waals surface area contributed by atoms with Crippen molar-refractivity contribution in [3.05, 3.63) is 47.5 Å². The van der Waals surface area contributed by atoms with Crippen LogP contribution in [0.3, 0.4) is 0 Å². The zero-order chi connectivity index (χ0) is 42.8. The normalized spacial score (nSPS) is 17.8. The smallest absolute Gasteiger partial charge is 0.248 e. The van der Waals surface area contributed by atoms with E-state index in [0.29, 0.717) is 40.2 Å². The first-order valence-electron chi connectivity index (χ1n) is 20.3. The monoisotopic (exact) mass is 809 g/mol. The zero-order valence-electron chi connectivity index (χ0n) is 34.6. The van der Waals surface area contributed by atoms with Crippen LogP contribution in [0.25, 0.3) is 11.1 Å². The number of amides is 5. The lowest BCUT2D eigenvalue weighted by Gasteiger charge is -2.32. The standard InChI is InChI=1S/C42H63N7O9/c1-6-7-8-9-10-11-12-13-37(52)47-34(25-50)42(56)49(5)38-30-15-17-36(58-21-19-44)32(24-30)31-22-29(14-16-35(31)57-20-18-43)23-33(40(54)45-26(2)28(4)51)48-39(53)27(3)46-41(38)55/h14-17,22,24,26-27,33-34,38,50H,6-13,18-21,23,25,43-44H2,1-5H3,(H,45,54)(H,46,55)(H,47,52)(H,48,53)/t26-,27-,33-,34-,38-/m0/s1. The molecule has 58 heavy (non-hydrogen) atoms. The number of likely N-dealkylation sites (N-methyl/N-ethyl adjacent to an activating group) is 1. The van der Waals surface area contributed by atoms with Crippen molar-refractivity contribution in [2.45, 2.75) is 116 Å². The number of hydrogen-bond acceptors (Lipinski definition) is 11. The maximum atomic E-state index is 14.3. The second kappa shape index (κ2) is 24.0. The van der Waals surface area contributed by atoms with Crippen LogP contribution in [0.1, 0.15) is 96.2 Å². The van der Waals surface area contributed by atoms with E-state index in [4.69, 9.17) is 20.9 Å². The maximum absolute atomic E-state index is 14.3. The molecule has 5 atom stereocenters. The van der Waals surface area contributed by atoms with Crippen molar-refractivity contribution >= 4 is 35.3 Å². The summed E-state index contributed by atoms with van der Waals surface area (Å²) in [6, 6.07) is 4.15. The van der Waals surface area contributed by atoms with Crippen molar-refractivity contribution < 1.29 is 43.3 Å². The summed E-state index contributed by atoms with van der Waals surface area (Å²) in [4.78, 5) is 81.7. The van der Waals surface area contributed by atoms with Crippen molar-refractivity contribution in [2.75, 3.05) is 40.0 Å². The van der Waals surface area contributed by atoms with Crippen LogP contribution in [0.15, 0.2) is 36.4 Å². The number of Topliss-reactive ketones (excluding diaryl/α,β-unsaturated/α-hetero) is 1. The Labute approximate surface area is 341 Å². The molecule has 9 N–H and O–H groups in total. The third kappa shape index (κ3) is 13.8. The largest absolute Gasteiger partial charge is 0.492 e. The SMILES string of the molecule is CCCCCCCCCC(=O)N[C@@H](CO)C(=O)N(C)[C@@H]1C(=O)N[C@@H](C)C(=O)N[C@H](C(=O)N[C@@H](C)C(C)=O)Cc2ccc(OCCN)c(c2)-c2cc1ccc2OCCN. The summed E-state index contributed by atoms with van der Waals surface area (Å²) in [7, 11) is 1.37. The van der Waals surface area contributed by atoms with Gasteiger partial charge in [-0.1, -0.05) is 57.6 Å².